The Morgan fingerprint density at radius 2 is 2.04 bits per heavy atom. The molecule has 0 unspecified atom stereocenters. The Hall–Kier alpha value is -2.73. The van der Waals surface area contributed by atoms with Crippen LogP contribution in [-0.2, 0) is 0 Å². The number of anilines is 3. The molecule has 0 aliphatic rings. The molecule has 0 fully saturated rings. The van der Waals surface area contributed by atoms with Gasteiger partial charge in [0.15, 0.2) is 0 Å². The van der Waals surface area contributed by atoms with E-state index in [0.717, 1.165) is 12.0 Å². The molecule has 0 saturated carbocycles. The molecule has 0 amide bonds. The van der Waals surface area contributed by atoms with Crippen molar-refractivity contribution in [1.82, 2.24) is 15.0 Å². The van der Waals surface area contributed by atoms with E-state index in [1.165, 1.54) is 18.2 Å². The van der Waals surface area contributed by atoms with Gasteiger partial charge in [-0.1, -0.05) is 18.5 Å². The van der Waals surface area contributed by atoms with Crippen LogP contribution in [0.1, 0.15) is 20.3 Å². The van der Waals surface area contributed by atoms with Gasteiger partial charge in [-0.3, -0.25) is 4.98 Å². The highest BCUT2D eigenvalue weighted by molar-refractivity contribution is 6.30. The van der Waals surface area contributed by atoms with Crippen LogP contribution in [-0.4, -0.2) is 21.0 Å². The highest BCUT2D eigenvalue weighted by Gasteiger charge is 2.11. The second kappa shape index (κ2) is 8.10. The second-order valence-electron chi connectivity index (χ2n) is 5.91. The minimum absolute atomic E-state index is 0.204. The van der Waals surface area contributed by atoms with Crippen molar-refractivity contribution in [2.75, 3.05) is 10.6 Å². The summed E-state index contributed by atoms with van der Waals surface area (Å²) in [7, 11) is 0. The van der Waals surface area contributed by atoms with Crippen LogP contribution < -0.4 is 10.6 Å². The van der Waals surface area contributed by atoms with Crippen LogP contribution in [0.25, 0.3) is 11.3 Å². The third-order valence-corrected chi connectivity index (χ3v) is 4.10. The van der Waals surface area contributed by atoms with Gasteiger partial charge in [0.05, 0.1) is 11.4 Å². The molecule has 0 saturated heterocycles. The fourth-order valence-electron chi connectivity index (χ4n) is 2.29. The molecule has 0 aliphatic heterocycles. The molecule has 0 spiro atoms. The molecule has 7 heteroatoms. The van der Waals surface area contributed by atoms with Gasteiger partial charge >= 0.3 is 0 Å². The average molecular weight is 372 g/mol. The molecule has 2 heterocycles. The minimum atomic E-state index is -0.410. The highest BCUT2D eigenvalue weighted by Crippen LogP contribution is 2.26. The summed E-state index contributed by atoms with van der Waals surface area (Å²) in [4.78, 5) is 13.1. The fraction of sp³-hybridized carbons (Fsp3) is 0.211. The summed E-state index contributed by atoms with van der Waals surface area (Å²) in [6, 6.07) is 10.0. The molecule has 26 heavy (non-hydrogen) atoms. The molecular weight excluding hydrogens is 353 g/mol. The first-order valence-corrected chi connectivity index (χ1v) is 8.71. The van der Waals surface area contributed by atoms with E-state index in [1.54, 1.807) is 18.5 Å². The Labute approximate surface area is 156 Å². The van der Waals surface area contributed by atoms with Gasteiger partial charge in [-0.2, -0.15) is 4.98 Å². The van der Waals surface area contributed by atoms with Gasteiger partial charge in [0.1, 0.15) is 11.6 Å². The summed E-state index contributed by atoms with van der Waals surface area (Å²) >= 11 is 5.97. The summed E-state index contributed by atoms with van der Waals surface area (Å²) < 4.78 is 14.1. The fourth-order valence-corrected chi connectivity index (χ4v) is 2.46. The Morgan fingerprint density at radius 1 is 1.19 bits per heavy atom. The highest BCUT2D eigenvalue weighted by atomic mass is 35.5. The quantitative estimate of drug-likeness (QED) is 0.616. The van der Waals surface area contributed by atoms with Gasteiger partial charge in [0.25, 0.3) is 0 Å². The zero-order valence-electron chi connectivity index (χ0n) is 14.5. The third kappa shape index (κ3) is 4.46. The molecule has 1 atom stereocenters. The summed E-state index contributed by atoms with van der Waals surface area (Å²) in [6.45, 7) is 4.12. The van der Waals surface area contributed by atoms with Crippen LogP contribution >= 0.6 is 11.6 Å². The SMILES string of the molecule is CC[C@H](C)Nc1nc(Nc2cc(Cl)ccc2F)cc(-c2cccnc2)n1. The molecule has 3 rings (SSSR count). The maximum Gasteiger partial charge on any atom is 0.225 e. The standard InChI is InChI=1S/C19H19ClFN5/c1-3-12(2)23-19-25-16(13-5-4-8-22-11-13)10-18(26-19)24-17-9-14(20)6-7-15(17)21/h4-12H,3H2,1-2H3,(H2,23,24,25,26)/t12-/m0/s1. The first-order chi connectivity index (χ1) is 12.5. The van der Waals surface area contributed by atoms with Gasteiger partial charge in [0.2, 0.25) is 5.95 Å². The van der Waals surface area contributed by atoms with E-state index in [0.29, 0.717) is 22.5 Å². The second-order valence-corrected chi connectivity index (χ2v) is 6.34. The van der Waals surface area contributed by atoms with Crippen LogP contribution in [0.4, 0.5) is 21.8 Å². The third-order valence-electron chi connectivity index (χ3n) is 3.86. The maximum absolute atomic E-state index is 14.1. The monoisotopic (exact) mass is 371 g/mol. The number of nitrogens with zero attached hydrogens (tertiary/aromatic N) is 3. The van der Waals surface area contributed by atoms with Crippen molar-refractivity contribution in [3.63, 3.8) is 0 Å². The van der Waals surface area contributed by atoms with Crippen LogP contribution in [0.15, 0.2) is 48.8 Å². The molecular formula is C19H19ClFN5. The van der Waals surface area contributed by atoms with E-state index < -0.39 is 5.82 Å². The van der Waals surface area contributed by atoms with Gasteiger partial charge in [-0.15, -0.1) is 0 Å². The Morgan fingerprint density at radius 3 is 2.77 bits per heavy atom. The van der Waals surface area contributed by atoms with E-state index in [1.807, 2.05) is 19.1 Å². The first-order valence-electron chi connectivity index (χ1n) is 8.33. The summed E-state index contributed by atoms with van der Waals surface area (Å²) in [5, 5.41) is 6.67. The van der Waals surface area contributed by atoms with E-state index in [9.17, 15) is 4.39 Å². The van der Waals surface area contributed by atoms with Gasteiger partial charge in [0, 0.05) is 35.1 Å². The molecule has 0 bridgehead atoms. The maximum atomic E-state index is 14.1. The van der Waals surface area contributed by atoms with Crippen LogP contribution in [0.5, 0.6) is 0 Å². The number of halogens is 2. The lowest BCUT2D eigenvalue weighted by Gasteiger charge is -2.15. The Balaban J connectivity index is 2.00. The molecule has 0 radical (unpaired) electrons. The van der Waals surface area contributed by atoms with Gasteiger partial charge < -0.3 is 10.6 Å². The first kappa shape index (κ1) is 18.1. The van der Waals surface area contributed by atoms with Crippen molar-refractivity contribution in [2.24, 2.45) is 0 Å². The number of aromatic nitrogens is 3. The lowest BCUT2D eigenvalue weighted by molar-refractivity contribution is 0.632. The molecule has 2 N–H and O–H groups in total. The Kier molecular flexibility index (Phi) is 5.63. The topological polar surface area (TPSA) is 62.7 Å². The molecule has 0 aliphatic carbocycles. The molecule has 5 nitrogen and oxygen atoms in total. The zero-order valence-corrected chi connectivity index (χ0v) is 15.3. The summed E-state index contributed by atoms with van der Waals surface area (Å²) in [5.41, 5.74) is 1.78. The summed E-state index contributed by atoms with van der Waals surface area (Å²) in [5.74, 6) is 0.517. The van der Waals surface area contributed by atoms with Crippen molar-refractivity contribution in [3.05, 3.63) is 59.6 Å². The minimum Gasteiger partial charge on any atom is -0.352 e. The predicted octanol–water partition coefficient (Wildman–Crippen LogP) is 5.29. The Bertz CT molecular complexity index is 888. The number of pyridine rings is 1. The largest absolute Gasteiger partial charge is 0.352 e. The molecule has 1 aromatic carbocycles. The van der Waals surface area contributed by atoms with E-state index in [4.69, 9.17) is 11.6 Å². The van der Waals surface area contributed by atoms with Gasteiger partial charge in [-0.05, 0) is 43.7 Å². The predicted molar refractivity (Wildman–Crippen MR) is 103 cm³/mol. The lowest BCUT2D eigenvalue weighted by Crippen LogP contribution is -2.16. The van der Waals surface area contributed by atoms with Crippen molar-refractivity contribution in [1.29, 1.82) is 0 Å². The van der Waals surface area contributed by atoms with Crippen LogP contribution in [0.3, 0.4) is 0 Å². The van der Waals surface area contributed by atoms with Crippen molar-refractivity contribution in [3.8, 4) is 11.3 Å². The number of nitrogens with one attached hydrogen (secondary N) is 2. The van der Waals surface area contributed by atoms with Crippen LogP contribution in [0, 0.1) is 5.82 Å². The smallest absolute Gasteiger partial charge is 0.225 e. The molecule has 2 aromatic heterocycles. The normalized spacial score (nSPS) is 11.8. The van der Waals surface area contributed by atoms with Crippen molar-refractivity contribution < 1.29 is 4.39 Å². The van der Waals surface area contributed by atoms with E-state index >= 15 is 0 Å². The molecule has 3 aromatic rings. The zero-order chi connectivity index (χ0) is 18.5. The lowest BCUT2D eigenvalue weighted by atomic mass is 10.2. The van der Waals surface area contributed by atoms with E-state index in [2.05, 4.69) is 32.5 Å². The van der Waals surface area contributed by atoms with E-state index in [-0.39, 0.29) is 11.7 Å². The number of rotatable bonds is 6. The molecule has 134 valence electrons. The average Bonchev–Trinajstić information content (AvgIpc) is 2.65. The number of benzene rings is 1. The number of hydrogen-bond donors (Lipinski definition) is 2. The number of hydrogen-bond acceptors (Lipinski definition) is 5. The summed E-state index contributed by atoms with van der Waals surface area (Å²) in [6.07, 6.45) is 4.34. The van der Waals surface area contributed by atoms with Crippen molar-refractivity contribution >= 4 is 29.1 Å². The van der Waals surface area contributed by atoms with Crippen molar-refractivity contribution in [2.45, 2.75) is 26.3 Å². The van der Waals surface area contributed by atoms with Crippen LogP contribution in [0.2, 0.25) is 5.02 Å². The van der Waals surface area contributed by atoms with Gasteiger partial charge in [-0.25, -0.2) is 9.37 Å².